The minimum atomic E-state index is -0.850. The van der Waals surface area contributed by atoms with Crippen molar-refractivity contribution in [2.45, 2.75) is 37.6 Å². The van der Waals surface area contributed by atoms with Gasteiger partial charge in [0.1, 0.15) is 5.01 Å². The van der Waals surface area contributed by atoms with Crippen LogP contribution in [0.5, 0.6) is 0 Å². The van der Waals surface area contributed by atoms with Crippen molar-refractivity contribution in [3.05, 3.63) is 40.2 Å². The Hall–Kier alpha value is -1.33. The summed E-state index contributed by atoms with van der Waals surface area (Å²) in [5, 5.41) is 2.59. The molecule has 5 heteroatoms. The highest BCUT2D eigenvalue weighted by Crippen LogP contribution is 2.38. The van der Waals surface area contributed by atoms with Crippen LogP contribution in [0.2, 0.25) is 0 Å². The Kier molecular flexibility index (Phi) is 3.56. The van der Waals surface area contributed by atoms with Gasteiger partial charge in [0.2, 0.25) is 0 Å². The summed E-state index contributed by atoms with van der Waals surface area (Å²) >= 11 is 1.44. The van der Waals surface area contributed by atoms with Crippen molar-refractivity contribution < 1.29 is 8.78 Å². The number of nitrogens with zero attached hydrogens (tertiary/aromatic N) is 1. The van der Waals surface area contributed by atoms with Crippen molar-refractivity contribution in [3.8, 4) is 11.3 Å². The fraction of sp³-hybridized carbons (Fsp3) is 0.400. The van der Waals surface area contributed by atoms with Gasteiger partial charge in [-0.15, -0.1) is 11.3 Å². The predicted octanol–water partition coefficient (Wildman–Crippen LogP) is 4.21. The van der Waals surface area contributed by atoms with Gasteiger partial charge in [-0.2, -0.15) is 0 Å². The van der Waals surface area contributed by atoms with E-state index in [1.807, 2.05) is 0 Å². The number of hydrogen-bond acceptors (Lipinski definition) is 3. The molecule has 1 aliphatic rings. The molecule has 2 N–H and O–H groups in total. The third-order valence-electron chi connectivity index (χ3n) is 3.90. The van der Waals surface area contributed by atoms with Gasteiger partial charge in [-0.05, 0) is 25.0 Å². The van der Waals surface area contributed by atoms with E-state index in [0.717, 1.165) is 36.8 Å². The van der Waals surface area contributed by atoms with Crippen LogP contribution in [0.1, 0.15) is 37.1 Å². The first-order valence-corrected chi connectivity index (χ1v) is 7.67. The van der Waals surface area contributed by atoms with E-state index in [4.69, 9.17) is 5.73 Å². The molecule has 0 saturated heterocycles. The molecule has 0 atom stereocenters. The summed E-state index contributed by atoms with van der Waals surface area (Å²) in [4.78, 5) is 4.46. The van der Waals surface area contributed by atoms with Gasteiger partial charge in [0.05, 0.1) is 11.2 Å². The van der Waals surface area contributed by atoms with Gasteiger partial charge >= 0.3 is 0 Å². The van der Waals surface area contributed by atoms with Crippen LogP contribution in [0.15, 0.2) is 23.6 Å². The largest absolute Gasteiger partial charge is 0.319 e. The smallest absolute Gasteiger partial charge is 0.168 e. The lowest BCUT2D eigenvalue weighted by Gasteiger charge is -2.31. The molecule has 20 heavy (non-hydrogen) atoms. The van der Waals surface area contributed by atoms with E-state index in [1.54, 1.807) is 11.4 Å². The SMILES string of the molecule is NC1(c2nc(-c3cccc(F)c3F)cs2)CCCCC1. The molecule has 106 valence electrons. The molecule has 1 aliphatic carbocycles. The third-order valence-corrected chi connectivity index (χ3v) is 4.97. The van der Waals surface area contributed by atoms with Crippen LogP contribution >= 0.6 is 11.3 Å². The van der Waals surface area contributed by atoms with Crippen LogP contribution in [0.25, 0.3) is 11.3 Å². The number of rotatable bonds is 2. The molecular weight excluding hydrogens is 278 g/mol. The zero-order chi connectivity index (χ0) is 14.2. The molecule has 0 unspecified atom stereocenters. The van der Waals surface area contributed by atoms with Crippen molar-refractivity contribution >= 4 is 11.3 Å². The zero-order valence-electron chi connectivity index (χ0n) is 11.0. The van der Waals surface area contributed by atoms with E-state index in [9.17, 15) is 8.78 Å². The molecule has 3 rings (SSSR count). The molecule has 0 spiro atoms. The summed E-state index contributed by atoms with van der Waals surface area (Å²) in [6, 6.07) is 4.14. The molecule has 0 aliphatic heterocycles. The number of aromatic nitrogens is 1. The predicted molar refractivity (Wildman–Crippen MR) is 76.4 cm³/mol. The fourth-order valence-electron chi connectivity index (χ4n) is 2.72. The molecule has 1 saturated carbocycles. The van der Waals surface area contributed by atoms with Crippen molar-refractivity contribution in [1.82, 2.24) is 4.98 Å². The van der Waals surface area contributed by atoms with Gasteiger partial charge < -0.3 is 5.73 Å². The van der Waals surface area contributed by atoms with Crippen molar-refractivity contribution in [2.24, 2.45) is 5.73 Å². The van der Waals surface area contributed by atoms with Crippen LogP contribution in [-0.4, -0.2) is 4.98 Å². The Morgan fingerprint density at radius 1 is 1.15 bits per heavy atom. The molecule has 0 radical (unpaired) electrons. The van der Waals surface area contributed by atoms with Crippen molar-refractivity contribution in [2.75, 3.05) is 0 Å². The van der Waals surface area contributed by atoms with Crippen LogP contribution in [0.3, 0.4) is 0 Å². The van der Waals surface area contributed by atoms with Gasteiger partial charge in [0.25, 0.3) is 0 Å². The number of thiazole rings is 1. The molecule has 1 aromatic carbocycles. The van der Waals surface area contributed by atoms with Crippen LogP contribution in [0.4, 0.5) is 8.78 Å². The average Bonchev–Trinajstić information content (AvgIpc) is 2.93. The first-order valence-electron chi connectivity index (χ1n) is 6.79. The standard InChI is InChI=1S/C15H16F2N2S/c16-11-6-4-5-10(13(11)17)12-9-20-14(19-12)15(18)7-2-1-3-8-15/h4-6,9H,1-3,7-8,18H2. The fourth-order valence-corrected chi connectivity index (χ4v) is 3.72. The highest BCUT2D eigenvalue weighted by atomic mass is 32.1. The lowest BCUT2D eigenvalue weighted by molar-refractivity contribution is 0.301. The summed E-state index contributed by atoms with van der Waals surface area (Å²) in [6.45, 7) is 0. The average molecular weight is 294 g/mol. The van der Waals surface area contributed by atoms with Crippen molar-refractivity contribution in [3.63, 3.8) is 0 Å². The maximum absolute atomic E-state index is 13.8. The maximum Gasteiger partial charge on any atom is 0.168 e. The minimum absolute atomic E-state index is 0.201. The summed E-state index contributed by atoms with van der Waals surface area (Å²) in [6.07, 6.45) is 5.21. The third kappa shape index (κ3) is 2.36. The minimum Gasteiger partial charge on any atom is -0.319 e. The maximum atomic E-state index is 13.8. The molecule has 1 fully saturated rings. The van der Waals surface area contributed by atoms with Crippen LogP contribution < -0.4 is 5.73 Å². The topological polar surface area (TPSA) is 38.9 Å². The van der Waals surface area contributed by atoms with Gasteiger partial charge in [0, 0.05) is 10.9 Å². The lowest BCUT2D eigenvalue weighted by Crippen LogP contribution is -2.38. The van der Waals surface area contributed by atoms with E-state index in [2.05, 4.69) is 4.98 Å². The highest BCUT2D eigenvalue weighted by Gasteiger charge is 2.32. The van der Waals surface area contributed by atoms with Gasteiger partial charge in [-0.3, -0.25) is 0 Å². The number of benzene rings is 1. The number of hydrogen-bond donors (Lipinski definition) is 1. The molecule has 2 aromatic rings. The van der Waals surface area contributed by atoms with Crippen LogP contribution in [-0.2, 0) is 5.54 Å². The second kappa shape index (κ2) is 5.22. The summed E-state index contributed by atoms with van der Waals surface area (Å²) in [5.41, 5.74) is 6.69. The van der Waals surface area contributed by atoms with E-state index in [1.165, 1.54) is 23.8 Å². The molecule has 0 amide bonds. The zero-order valence-corrected chi connectivity index (χ0v) is 11.9. The molecular formula is C15H16F2N2S. The van der Waals surface area contributed by atoms with Gasteiger partial charge in [-0.1, -0.05) is 25.3 Å². The molecule has 0 bridgehead atoms. The van der Waals surface area contributed by atoms with E-state index in [-0.39, 0.29) is 5.56 Å². The quantitative estimate of drug-likeness (QED) is 0.901. The second-order valence-electron chi connectivity index (χ2n) is 5.36. The molecule has 1 aromatic heterocycles. The molecule has 2 nitrogen and oxygen atoms in total. The van der Waals surface area contributed by atoms with Gasteiger partial charge in [0.15, 0.2) is 11.6 Å². The highest BCUT2D eigenvalue weighted by molar-refractivity contribution is 7.10. The Labute approximate surface area is 120 Å². The Morgan fingerprint density at radius 2 is 1.90 bits per heavy atom. The first-order chi connectivity index (χ1) is 9.60. The van der Waals surface area contributed by atoms with E-state index in [0.29, 0.717) is 5.69 Å². The number of halogens is 2. The van der Waals surface area contributed by atoms with Crippen LogP contribution in [0, 0.1) is 11.6 Å². The van der Waals surface area contributed by atoms with Crippen molar-refractivity contribution in [1.29, 1.82) is 0 Å². The summed E-state index contributed by atoms with van der Waals surface area (Å²) < 4.78 is 27.1. The first kappa shape index (κ1) is 13.6. The lowest BCUT2D eigenvalue weighted by atomic mass is 9.83. The monoisotopic (exact) mass is 294 g/mol. The Balaban J connectivity index is 1.96. The number of nitrogens with two attached hydrogens (primary N) is 1. The van der Waals surface area contributed by atoms with E-state index >= 15 is 0 Å². The Bertz CT molecular complexity index is 618. The second-order valence-corrected chi connectivity index (χ2v) is 6.21. The van der Waals surface area contributed by atoms with Gasteiger partial charge in [-0.25, -0.2) is 13.8 Å². The van der Waals surface area contributed by atoms with E-state index < -0.39 is 17.2 Å². The Morgan fingerprint density at radius 3 is 2.65 bits per heavy atom. The molecule has 1 heterocycles. The normalized spacial score (nSPS) is 18.1. The summed E-state index contributed by atoms with van der Waals surface area (Å²) in [5.74, 6) is -1.70. The summed E-state index contributed by atoms with van der Waals surface area (Å²) in [7, 11) is 0.